The van der Waals surface area contributed by atoms with Crippen LogP contribution in [0.3, 0.4) is 0 Å². The highest BCUT2D eigenvalue weighted by molar-refractivity contribution is 5.96. The van der Waals surface area contributed by atoms with E-state index in [2.05, 4.69) is 10.6 Å². The minimum atomic E-state index is -1.53. The SMILES string of the molecule is COC(=O)C[C@H](NC(=O)OC(C)(C)C)C(=O)N(Cc1ccc(F)cc1)C1(C(=O)NCc2ccccc2)CCN(Cc2cc(F)cc(F)c2)CC1. The molecule has 1 fully saturated rings. The number of nitrogens with zero attached hydrogens (tertiary/aromatic N) is 2. The van der Waals surface area contributed by atoms with Crippen LogP contribution in [0.5, 0.6) is 0 Å². The number of esters is 1. The van der Waals surface area contributed by atoms with Crippen LogP contribution in [0.4, 0.5) is 18.0 Å². The Hall–Kier alpha value is -4.91. The van der Waals surface area contributed by atoms with Gasteiger partial charge in [0.05, 0.1) is 13.5 Å². The standard InChI is InChI=1S/C37H43F3N4O6/c1-36(2,3)50-35(48)42-31(21-32(45)49-4)33(46)44(24-26-10-12-28(38)13-11-26)37(34(47)41-22-25-8-6-5-7-9-25)14-16-43(17-15-37)23-27-18-29(39)20-30(40)19-27/h5-13,18-20,31H,14-17,21-24H2,1-4H3,(H,41,47)(H,42,48)/t31-/m0/s1. The zero-order chi connectivity index (χ0) is 36.5. The molecule has 0 radical (unpaired) electrons. The summed E-state index contributed by atoms with van der Waals surface area (Å²) in [5.74, 6) is -3.96. The van der Waals surface area contributed by atoms with E-state index in [1.807, 2.05) is 35.2 Å². The number of ether oxygens (including phenoxy) is 2. The summed E-state index contributed by atoms with van der Waals surface area (Å²) in [6.07, 6.45) is -1.36. The van der Waals surface area contributed by atoms with Gasteiger partial charge in [-0.05, 0) is 74.6 Å². The third kappa shape index (κ3) is 10.5. The summed E-state index contributed by atoms with van der Waals surface area (Å²) in [4.78, 5) is 57.9. The molecular weight excluding hydrogens is 653 g/mol. The first-order valence-corrected chi connectivity index (χ1v) is 16.3. The van der Waals surface area contributed by atoms with Gasteiger partial charge in [0, 0.05) is 38.8 Å². The molecule has 13 heteroatoms. The van der Waals surface area contributed by atoms with Gasteiger partial charge in [0.1, 0.15) is 34.6 Å². The number of halogens is 3. The van der Waals surface area contributed by atoms with Gasteiger partial charge in [-0.15, -0.1) is 0 Å². The summed E-state index contributed by atoms with van der Waals surface area (Å²) < 4.78 is 52.1. The van der Waals surface area contributed by atoms with Gasteiger partial charge in [-0.2, -0.15) is 0 Å². The molecule has 1 aliphatic rings. The first-order valence-electron chi connectivity index (χ1n) is 16.3. The van der Waals surface area contributed by atoms with Crippen LogP contribution in [0.1, 0.15) is 56.7 Å². The van der Waals surface area contributed by atoms with Crippen LogP contribution in [0.15, 0.2) is 72.8 Å². The molecule has 1 saturated heterocycles. The van der Waals surface area contributed by atoms with Gasteiger partial charge in [0.2, 0.25) is 11.8 Å². The largest absolute Gasteiger partial charge is 0.469 e. The Bertz CT molecular complexity index is 1620. The maximum absolute atomic E-state index is 14.7. The lowest BCUT2D eigenvalue weighted by Crippen LogP contribution is -2.66. The molecule has 1 heterocycles. The Morgan fingerprint density at radius 1 is 0.860 bits per heavy atom. The van der Waals surface area contributed by atoms with Gasteiger partial charge in [-0.3, -0.25) is 19.3 Å². The Kier molecular flexibility index (Phi) is 12.6. The average Bonchev–Trinajstić information content (AvgIpc) is 3.06. The van der Waals surface area contributed by atoms with Crippen molar-refractivity contribution in [2.24, 2.45) is 0 Å². The smallest absolute Gasteiger partial charge is 0.408 e. The zero-order valence-electron chi connectivity index (χ0n) is 28.6. The van der Waals surface area contributed by atoms with Crippen molar-refractivity contribution >= 4 is 23.9 Å². The van der Waals surface area contributed by atoms with Gasteiger partial charge in [0.25, 0.3) is 0 Å². The maximum atomic E-state index is 14.7. The highest BCUT2D eigenvalue weighted by atomic mass is 19.1. The molecule has 0 aliphatic carbocycles. The second-order valence-corrected chi connectivity index (χ2v) is 13.3. The normalized spacial score (nSPS) is 15.0. The van der Waals surface area contributed by atoms with E-state index in [9.17, 15) is 32.3 Å². The molecule has 10 nitrogen and oxygen atoms in total. The summed E-state index contributed by atoms with van der Waals surface area (Å²) in [5.41, 5.74) is -0.752. The summed E-state index contributed by atoms with van der Waals surface area (Å²) >= 11 is 0. The molecule has 0 spiro atoms. The van der Waals surface area contributed by atoms with Crippen molar-refractivity contribution in [3.63, 3.8) is 0 Å². The first-order chi connectivity index (χ1) is 23.7. The van der Waals surface area contributed by atoms with Crippen molar-refractivity contribution in [2.75, 3.05) is 20.2 Å². The fourth-order valence-electron chi connectivity index (χ4n) is 5.90. The Morgan fingerprint density at radius 3 is 2.06 bits per heavy atom. The number of carbonyl (C=O) groups is 4. The van der Waals surface area contributed by atoms with Crippen LogP contribution in [0, 0.1) is 17.5 Å². The predicted octanol–water partition coefficient (Wildman–Crippen LogP) is 5.24. The molecule has 0 saturated carbocycles. The van der Waals surface area contributed by atoms with Crippen LogP contribution >= 0.6 is 0 Å². The number of rotatable bonds is 12. The van der Waals surface area contributed by atoms with Crippen LogP contribution < -0.4 is 10.6 Å². The van der Waals surface area contributed by atoms with E-state index >= 15 is 0 Å². The third-order valence-electron chi connectivity index (χ3n) is 8.35. The van der Waals surface area contributed by atoms with E-state index in [4.69, 9.17) is 9.47 Å². The number of hydrogen-bond donors (Lipinski definition) is 2. The lowest BCUT2D eigenvalue weighted by Gasteiger charge is -2.48. The maximum Gasteiger partial charge on any atom is 0.408 e. The summed E-state index contributed by atoms with van der Waals surface area (Å²) in [6.45, 7) is 5.56. The Labute approximate surface area is 289 Å². The molecule has 2 N–H and O–H groups in total. The summed E-state index contributed by atoms with van der Waals surface area (Å²) in [5, 5.41) is 5.46. The molecule has 0 aromatic heterocycles. The van der Waals surface area contributed by atoms with Crippen LogP contribution in [0.25, 0.3) is 0 Å². The number of hydrogen-bond acceptors (Lipinski definition) is 7. The van der Waals surface area contributed by atoms with E-state index in [1.165, 1.54) is 41.3 Å². The van der Waals surface area contributed by atoms with Gasteiger partial charge in [-0.25, -0.2) is 18.0 Å². The van der Waals surface area contributed by atoms with Crippen molar-refractivity contribution < 1.29 is 41.8 Å². The quantitative estimate of drug-likeness (QED) is 0.249. The van der Waals surface area contributed by atoms with Gasteiger partial charge >= 0.3 is 12.1 Å². The fraction of sp³-hybridized carbons (Fsp3) is 0.405. The van der Waals surface area contributed by atoms with Gasteiger partial charge in [0.15, 0.2) is 0 Å². The third-order valence-corrected chi connectivity index (χ3v) is 8.35. The highest BCUT2D eigenvalue weighted by Crippen LogP contribution is 2.33. The van der Waals surface area contributed by atoms with Crippen LogP contribution in [-0.2, 0) is 43.5 Å². The molecule has 268 valence electrons. The Balaban J connectivity index is 1.74. The molecule has 0 unspecified atom stereocenters. The van der Waals surface area contributed by atoms with E-state index in [1.54, 1.807) is 20.8 Å². The van der Waals surface area contributed by atoms with Crippen molar-refractivity contribution in [1.29, 1.82) is 0 Å². The average molecular weight is 697 g/mol. The minimum Gasteiger partial charge on any atom is -0.469 e. The number of nitrogens with one attached hydrogen (secondary N) is 2. The topological polar surface area (TPSA) is 117 Å². The van der Waals surface area contributed by atoms with Gasteiger partial charge < -0.3 is 25.0 Å². The van der Waals surface area contributed by atoms with Crippen molar-refractivity contribution in [3.05, 3.63) is 107 Å². The van der Waals surface area contributed by atoms with Crippen molar-refractivity contribution in [1.82, 2.24) is 20.4 Å². The number of carbonyl (C=O) groups excluding carboxylic acids is 4. The summed E-state index contributed by atoms with van der Waals surface area (Å²) in [6, 6.07) is 16.4. The van der Waals surface area contributed by atoms with E-state index in [0.29, 0.717) is 11.1 Å². The lowest BCUT2D eigenvalue weighted by molar-refractivity contribution is -0.156. The van der Waals surface area contributed by atoms with Crippen LogP contribution in [0.2, 0.25) is 0 Å². The number of benzene rings is 3. The molecule has 0 bridgehead atoms. The van der Waals surface area contributed by atoms with E-state index in [0.717, 1.165) is 18.7 Å². The molecular formula is C37H43F3N4O6. The van der Waals surface area contributed by atoms with Gasteiger partial charge in [-0.1, -0.05) is 42.5 Å². The molecule has 1 atom stereocenters. The van der Waals surface area contributed by atoms with E-state index < -0.39 is 64.9 Å². The second-order valence-electron chi connectivity index (χ2n) is 13.3. The second kappa shape index (κ2) is 16.7. The van der Waals surface area contributed by atoms with Crippen LogP contribution in [-0.4, -0.2) is 71.1 Å². The number of piperidine rings is 1. The van der Waals surface area contributed by atoms with Crippen molar-refractivity contribution in [3.8, 4) is 0 Å². The monoisotopic (exact) mass is 696 g/mol. The minimum absolute atomic E-state index is 0.0791. The lowest BCUT2D eigenvalue weighted by atomic mass is 9.83. The fourth-order valence-corrected chi connectivity index (χ4v) is 5.90. The Morgan fingerprint density at radius 2 is 1.48 bits per heavy atom. The highest BCUT2D eigenvalue weighted by Gasteiger charge is 2.50. The van der Waals surface area contributed by atoms with E-state index in [-0.39, 0.29) is 45.6 Å². The molecule has 3 aromatic rings. The predicted molar refractivity (Wildman–Crippen MR) is 179 cm³/mol. The summed E-state index contributed by atoms with van der Waals surface area (Å²) in [7, 11) is 1.15. The number of alkyl carbamates (subject to hydrolysis) is 1. The van der Waals surface area contributed by atoms with Crippen molar-refractivity contribution in [2.45, 2.75) is 76.8 Å². The first kappa shape index (κ1) is 37.9. The molecule has 4 rings (SSSR count). The number of likely N-dealkylation sites (tertiary alicyclic amines) is 1. The molecule has 1 aliphatic heterocycles. The number of amides is 3. The molecule has 3 amide bonds. The molecule has 3 aromatic carbocycles. The molecule has 50 heavy (non-hydrogen) atoms. The number of methoxy groups -OCH3 is 1. The zero-order valence-corrected chi connectivity index (χ0v) is 28.6.